The molecule has 2 aromatic rings. The van der Waals surface area contributed by atoms with Crippen LogP contribution in [-0.2, 0) is 6.54 Å². The summed E-state index contributed by atoms with van der Waals surface area (Å²) in [6.07, 6.45) is 11.6. The van der Waals surface area contributed by atoms with Crippen LogP contribution in [0.25, 0.3) is 0 Å². The molecule has 5 heteroatoms. The Hall–Kier alpha value is -1.75. The van der Waals surface area contributed by atoms with E-state index in [0.29, 0.717) is 12.0 Å². The number of hydrogen-bond donors (Lipinski definition) is 0. The third-order valence-electron chi connectivity index (χ3n) is 4.22. The van der Waals surface area contributed by atoms with Crippen molar-refractivity contribution in [3.63, 3.8) is 0 Å². The first kappa shape index (κ1) is 12.0. The van der Waals surface area contributed by atoms with Crippen molar-refractivity contribution in [2.75, 3.05) is 13.1 Å². The van der Waals surface area contributed by atoms with Gasteiger partial charge in [-0.3, -0.25) is 9.58 Å². The van der Waals surface area contributed by atoms with E-state index in [-0.39, 0.29) is 0 Å². The second-order valence-corrected chi connectivity index (χ2v) is 5.89. The summed E-state index contributed by atoms with van der Waals surface area (Å²) in [5.74, 6) is 1.67. The van der Waals surface area contributed by atoms with Gasteiger partial charge in [0.1, 0.15) is 5.82 Å². The van der Waals surface area contributed by atoms with Gasteiger partial charge in [-0.2, -0.15) is 5.10 Å². The lowest BCUT2D eigenvalue weighted by Crippen LogP contribution is -2.21. The number of rotatable bonds is 4. The minimum absolute atomic E-state index is 0.511. The van der Waals surface area contributed by atoms with Gasteiger partial charge >= 0.3 is 0 Å². The molecule has 1 saturated carbocycles. The van der Waals surface area contributed by atoms with E-state index < -0.39 is 0 Å². The Morgan fingerprint density at radius 1 is 1.15 bits per heavy atom. The van der Waals surface area contributed by atoms with Crippen molar-refractivity contribution >= 4 is 0 Å². The van der Waals surface area contributed by atoms with Gasteiger partial charge in [0.15, 0.2) is 0 Å². The Labute approximate surface area is 118 Å². The predicted octanol–water partition coefficient (Wildman–Crippen LogP) is 2.00. The third-order valence-corrected chi connectivity index (χ3v) is 4.22. The van der Waals surface area contributed by atoms with Crippen LogP contribution in [0.5, 0.6) is 0 Å². The highest BCUT2D eigenvalue weighted by atomic mass is 15.3. The zero-order chi connectivity index (χ0) is 13.4. The minimum atomic E-state index is 0.511. The molecule has 4 rings (SSSR count). The van der Waals surface area contributed by atoms with Gasteiger partial charge < -0.3 is 0 Å². The Bertz CT molecular complexity index is 558. The van der Waals surface area contributed by atoms with Gasteiger partial charge in [-0.05, 0) is 25.3 Å². The average molecular weight is 269 g/mol. The molecular formula is C15H19N5. The molecule has 1 aliphatic carbocycles. The lowest BCUT2D eigenvalue weighted by atomic mass is 10.3. The fraction of sp³-hybridized carbons (Fsp3) is 0.533. The normalized spacial score (nSPS) is 23.3. The second-order valence-electron chi connectivity index (χ2n) is 5.89. The average Bonchev–Trinajstić information content (AvgIpc) is 2.99. The van der Waals surface area contributed by atoms with Gasteiger partial charge in [0.25, 0.3) is 0 Å². The van der Waals surface area contributed by atoms with E-state index in [4.69, 9.17) is 0 Å². The summed E-state index contributed by atoms with van der Waals surface area (Å²) >= 11 is 0. The monoisotopic (exact) mass is 269 g/mol. The molecule has 0 amide bonds. The van der Waals surface area contributed by atoms with E-state index in [2.05, 4.69) is 30.8 Å². The lowest BCUT2D eigenvalue weighted by molar-refractivity contribution is 0.311. The molecular weight excluding hydrogens is 250 g/mol. The SMILES string of the molecule is c1cnn(C2CCN(Cc3cnc(C4CC4)nc3)C2)c1. The molecule has 2 aliphatic rings. The maximum absolute atomic E-state index is 4.50. The summed E-state index contributed by atoms with van der Waals surface area (Å²) in [4.78, 5) is 11.5. The van der Waals surface area contributed by atoms with Crippen LogP contribution in [-0.4, -0.2) is 37.7 Å². The first-order valence-electron chi connectivity index (χ1n) is 7.41. The number of hydrogen-bond acceptors (Lipinski definition) is 4. The van der Waals surface area contributed by atoms with E-state index >= 15 is 0 Å². The fourth-order valence-corrected chi connectivity index (χ4v) is 2.93. The maximum Gasteiger partial charge on any atom is 0.131 e. The fourth-order valence-electron chi connectivity index (χ4n) is 2.93. The van der Waals surface area contributed by atoms with Gasteiger partial charge in [0.2, 0.25) is 0 Å². The van der Waals surface area contributed by atoms with Gasteiger partial charge in [-0.25, -0.2) is 9.97 Å². The van der Waals surface area contributed by atoms with Gasteiger partial charge in [-0.1, -0.05) is 0 Å². The van der Waals surface area contributed by atoms with Crippen molar-refractivity contribution in [3.8, 4) is 0 Å². The Morgan fingerprint density at radius 2 is 2.00 bits per heavy atom. The number of aromatic nitrogens is 4. The second kappa shape index (κ2) is 4.98. The molecule has 2 fully saturated rings. The van der Waals surface area contributed by atoms with E-state index in [1.807, 2.05) is 24.7 Å². The molecule has 1 unspecified atom stereocenters. The topological polar surface area (TPSA) is 46.8 Å². The summed E-state index contributed by atoms with van der Waals surface area (Å²) in [7, 11) is 0. The lowest BCUT2D eigenvalue weighted by Gasteiger charge is -2.16. The van der Waals surface area contributed by atoms with Crippen molar-refractivity contribution < 1.29 is 0 Å². The molecule has 1 aliphatic heterocycles. The van der Waals surface area contributed by atoms with Crippen LogP contribution in [0.2, 0.25) is 0 Å². The van der Waals surface area contributed by atoms with Gasteiger partial charge in [-0.15, -0.1) is 0 Å². The minimum Gasteiger partial charge on any atom is -0.297 e. The molecule has 0 spiro atoms. The van der Waals surface area contributed by atoms with E-state index in [1.165, 1.54) is 24.8 Å². The first-order valence-corrected chi connectivity index (χ1v) is 7.41. The quantitative estimate of drug-likeness (QED) is 0.851. The predicted molar refractivity (Wildman–Crippen MR) is 75.2 cm³/mol. The van der Waals surface area contributed by atoms with Crippen molar-refractivity contribution in [1.82, 2.24) is 24.6 Å². The van der Waals surface area contributed by atoms with E-state index in [9.17, 15) is 0 Å². The Balaban J connectivity index is 1.37. The van der Waals surface area contributed by atoms with Crippen molar-refractivity contribution in [1.29, 1.82) is 0 Å². The number of likely N-dealkylation sites (tertiary alicyclic amines) is 1. The van der Waals surface area contributed by atoms with Crippen LogP contribution >= 0.6 is 0 Å². The zero-order valence-corrected chi connectivity index (χ0v) is 11.5. The molecule has 0 aromatic carbocycles. The molecule has 0 radical (unpaired) electrons. The summed E-state index contributed by atoms with van der Waals surface area (Å²) in [5, 5.41) is 4.34. The van der Waals surface area contributed by atoms with Crippen LogP contribution in [0, 0.1) is 0 Å². The Kier molecular flexibility index (Phi) is 2.99. The van der Waals surface area contributed by atoms with Crippen LogP contribution in [0.3, 0.4) is 0 Å². The zero-order valence-electron chi connectivity index (χ0n) is 11.5. The highest BCUT2D eigenvalue weighted by Crippen LogP contribution is 2.37. The molecule has 1 atom stereocenters. The van der Waals surface area contributed by atoms with E-state index in [1.54, 1.807) is 0 Å². The van der Waals surface area contributed by atoms with Crippen LogP contribution in [0.1, 0.15) is 42.6 Å². The Morgan fingerprint density at radius 3 is 2.70 bits per heavy atom. The summed E-state index contributed by atoms with van der Waals surface area (Å²) in [5.41, 5.74) is 1.22. The largest absolute Gasteiger partial charge is 0.297 e. The highest BCUT2D eigenvalue weighted by molar-refractivity contribution is 5.11. The van der Waals surface area contributed by atoms with Crippen LogP contribution in [0.15, 0.2) is 30.9 Å². The molecule has 1 saturated heterocycles. The molecule has 20 heavy (non-hydrogen) atoms. The van der Waals surface area contributed by atoms with Gasteiger partial charge in [0.05, 0.1) is 6.04 Å². The molecule has 104 valence electrons. The van der Waals surface area contributed by atoms with Gasteiger partial charge in [0, 0.05) is 55.9 Å². The molecule has 5 nitrogen and oxygen atoms in total. The molecule has 2 aromatic heterocycles. The molecule has 3 heterocycles. The van der Waals surface area contributed by atoms with Crippen molar-refractivity contribution in [2.24, 2.45) is 0 Å². The van der Waals surface area contributed by atoms with Crippen LogP contribution < -0.4 is 0 Å². The maximum atomic E-state index is 4.50. The smallest absolute Gasteiger partial charge is 0.131 e. The third kappa shape index (κ3) is 2.45. The van der Waals surface area contributed by atoms with Crippen molar-refractivity contribution in [2.45, 2.75) is 37.8 Å². The number of nitrogens with zero attached hydrogens (tertiary/aromatic N) is 5. The summed E-state index contributed by atoms with van der Waals surface area (Å²) in [6.45, 7) is 3.13. The van der Waals surface area contributed by atoms with E-state index in [0.717, 1.165) is 25.5 Å². The highest BCUT2D eigenvalue weighted by Gasteiger charge is 2.27. The first-order chi connectivity index (χ1) is 9.88. The van der Waals surface area contributed by atoms with Crippen molar-refractivity contribution in [3.05, 3.63) is 42.2 Å². The molecule has 0 N–H and O–H groups in total. The van der Waals surface area contributed by atoms with Crippen LogP contribution in [0.4, 0.5) is 0 Å². The molecule has 0 bridgehead atoms. The standard InChI is InChI=1S/C15H19N5/c1-5-18-20(6-1)14-4-7-19(11-14)10-12-8-16-15(17-9-12)13-2-3-13/h1,5-6,8-9,13-14H,2-4,7,10-11H2. The summed E-state index contributed by atoms with van der Waals surface area (Å²) < 4.78 is 2.08. The summed E-state index contributed by atoms with van der Waals surface area (Å²) in [6, 6.07) is 2.50.